The molecule has 0 aromatic heterocycles. The van der Waals surface area contributed by atoms with Gasteiger partial charge in [-0.05, 0) is 24.3 Å². The van der Waals surface area contributed by atoms with Crippen LogP contribution >= 0.6 is 0 Å². The maximum Gasteiger partial charge on any atom is 0.162 e. The van der Waals surface area contributed by atoms with Gasteiger partial charge in [0.15, 0.2) is 23.0 Å². The molecule has 24 heavy (non-hydrogen) atoms. The van der Waals surface area contributed by atoms with Gasteiger partial charge in [0.1, 0.15) is 26.4 Å². The number of hydrogen-bond donors (Lipinski definition) is 0. The summed E-state index contributed by atoms with van der Waals surface area (Å²) < 4.78 is 22.2. The van der Waals surface area contributed by atoms with Gasteiger partial charge in [0.25, 0.3) is 0 Å². The zero-order valence-electron chi connectivity index (χ0n) is 13.2. The van der Waals surface area contributed by atoms with Crippen molar-refractivity contribution in [3.8, 4) is 47.7 Å². The molecule has 4 nitrogen and oxygen atoms in total. The van der Waals surface area contributed by atoms with E-state index in [0.717, 1.165) is 0 Å². The molecule has 122 valence electrons. The van der Waals surface area contributed by atoms with Gasteiger partial charge in [-0.3, -0.25) is 0 Å². The van der Waals surface area contributed by atoms with Crippen molar-refractivity contribution in [3.63, 3.8) is 0 Å². The summed E-state index contributed by atoms with van der Waals surface area (Å²) in [6, 6.07) is 14.7. The molecule has 0 unspecified atom stereocenters. The molecule has 0 heterocycles. The average Bonchev–Trinajstić information content (AvgIpc) is 2.63. The first-order valence-electron chi connectivity index (χ1n) is 7.41. The van der Waals surface area contributed by atoms with E-state index in [9.17, 15) is 0 Å². The predicted molar refractivity (Wildman–Crippen MR) is 92.5 cm³/mol. The number of para-hydroxylation sites is 4. The standard InChI is InChI=1S/C20H18O4/c1-3-13-21-17-9-5-7-11-19(17)23-15-16-24-20-12-8-6-10-18(20)22-14-4-2/h1-2,5-12H,13-16H2. The van der Waals surface area contributed by atoms with Crippen LogP contribution in [-0.2, 0) is 0 Å². The van der Waals surface area contributed by atoms with Crippen LogP contribution in [0.5, 0.6) is 23.0 Å². The molecule has 0 amide bonds. The van der Waals surface area contributed by atoms with Crippen LogP contribution in [0.1, 0.15) is 0 Å². The van der Waals surface area contributed by atoms with E-state index >= 15 is 0 Å². The summed E-state index contributed by atoms with van der Waals surface area (Å²) in [6.07, 6.45) is 10.4. The Labute approximate surface area is 142 Å². The lowest BCUT2D eigenvalue weighted by Gasteiger charge is -2.13. The van der Waals surface area contributed by atoms with Crippen LogP contribution in [0.3, 0.4) is 0 Å². The molecule has 2 rings (SSSR count). The van der Waals surface area contributed by atoms with E-state index in [1.54, 1.807) is 12.1 Å². The molecule has 0 N–H and O–H groups in total. The van der Waals surface area contributed by atoms with Gasteiger partial charge < -0.3 is 18.9 Å². The van der Waals surface area contributed by atoms with Gasteiger partial charge in [-0.15, -0.1) is 12.8 Å². The topological polar surface area (TPSA) is 36.9 Å². The van der Waals surface area contributed by atoms with E-state index in [1.165, 1.54) is 0 Å². The lowest BCUT2D eigenvalue weighted by molar-refractivity contribution is 0.203. The largest absolute Gasteiger partial charge is 0.486 e. The first-order chi connectivity index (χ1) is 11.8. The van der Waals surface area contributed by atoms with Crippen LogP contribution in [0.25, 0.3) is 0 Å². The quantitative estimate of drug-likeness (QED) is 0.525. The molecule has 2 aromatic carbocycles. The minimum Gasteiger partial charge on any atom is -0.486 e. The van der Waals surface area contributed by atoms with Crippen molar-refractivity contribution in [1.29, 1.82) is 0 Å². The van der Waals surface area contributed by atoms with Gasteiger partial charge in [0.2, 0.25) is 0 Å². The number of ether oxygens (including phenoxy) is 4. The zero-order chi connectivity index (χ0) is 17.0. The molecule has 0 atom stereocenters. The monoisotopic (exact) mass is 322 g/mol. The molecule has 0 spiro atoms. The third-order valence-corrected chi connectivity index (χ3v) is 2.92. The van der Waals surface area contributed by atoms with Gasteiger partial charge in [0.05, 0.1) is 0 Å². The number of rotatable bonds is 9. The molecule has 0 aliphatic heterocycles. The van der Waals surface area contributed by atoms with Crippen molar-refractivity contribution in [2.75, 3.05) is 26.4 Å². The fraction of sp³-hybridized carbons (Fsp3) is 0.200. The first-order valence-corrected chi connectivity index (χ1v) is 7.41. The molecule has 0 bridgehead atoms. The smallest absolute Gasteiger partial charge is 0.162 e. The molecule has 0 radical (unpaired) electrons. The third kappa shape index (κ3) is 5.19. The van der Waals surface area contributed by atoms with Crippen molar-refractivity contribution in [2.45, 2.75) is 0 Å². The van der Waals surface area contributed by atoms with Crippen molar-refractivity contribution in [1.82, 2.24) is 0 Å². The van der Waals surface area contributed by atoms with Gasteiger partial charge >= 0.3 is 0 Å². The molecule has 0 aliphatic carbocycles. The SMILES string of the molecule is C#CCOc1ccccc1OCCOc1ccccc1OCC#C. The fourth-order valence-corrected chi connectivity index (χ4v) is 1.92. The Kier molecular flexibility index (Phi) is 6.93. The van der Waals surface area contributed by atoms with E-state index in [4.69, 9.17) is 31.8 Å². The highest BCUT2D eigenvalue weighted by Crippen LogP contribution is 2.27. The number of hydrogen-bond acceptors (Lipinski definition) is 4. The summed E-state index contributed by atoms with van der Waals surface area (Å²) in [6.45, 7) is 1.08. The van der Waals surface area contributed by atoms with Gasteiger partial charge in [-0.1, -0.05) is 36.1 Å². The second kappa shape index (κ2) is 9.71. The van der Waals surface area contributed by atoms with Crippen molar-refractivity contribution in [3.05, 3.63) is 48.5 Å². The molecule has 2 aromatic rings. The summed E-state index contributed by atoms with van der Waals surface area (Å²) in [7, 11) is 0. The Morgan fingerprint density at radius 3 is 1.25 bits per heavy atom. The average molecular weight is 322 g/mol. The molecule has 4 heteroatoms. The lowest BCUT2D eigenvalue weighted by Crippen LogP contribution is -2.10. The Balaban J connectivity index is 1.86. The van der Waals surface area contributed by atoms with E-state index in [-0.39, 0.29) is 13.2 Å². The Hall–Kier alpha value is -3.24. The maximum absolute atomic E-state index is 5.69. The summed E-state index contributed by atoms with van der Waals surface area (Å²) in [5.74, 6) is 7.30. The molecule has 0 fully saturated rings. The minimum absolute atomic E-state index is 0.191. The highest BCUT2D eigenvalue weighted by Gasteiger charge is 2.06. The second-order valence-electron chi connectivity index (χ2n) is 4.58. The molecule has 0 aliphatic rings. The lowest BCUT2D eigenvalue weighted by atomic mass is 10.3. The number of terminal acetylenes is 2. The Bertz CT molecular complexity index is 661. The second-order valence-corrected chi connectivity index (χ2v) is 4.58. The highest BCUT2D eigenvalue weighted by atomic mass is 16.6. The molecule has 0 saturated heterocycles. The maximum atomic E-state index is 5.69. The van der Waals surface area contributed by atoms with Crippen LogP contribution in [0, 0.1) is 24.7 Å². The Morgan fingerprint density at radius 1 is 0.583 bits per heavy atom. The van der Waals surface area contributed by atoms with Crippen LogP contribution in [0.15, 0.2) is 48.5 Å². The normalized spacial score (nSPS) is 9.42. The van der Waals surface area contributed by atoms with Crippen LogP contribution < -0.4 is 18.9 Å². The van der Waals surface area contributed by atoms with Gasteiger partial charge in [-0.25, -0.2) is 0 Å². The van der Waals surface area contributed by atoms with Crippen LogP contribution in [0.4, 0.5) is 0 Å². The zero-order valence-corrected chi connectivity index (χ0v) is 13.2. The van der Waals surface area contributed by atoms with E-state index < -0.39 is 0 Å². The van der Waals surface area contributed by atoms with Crippen molar-refractivity contribution < 1.29 is 18.9 Å². The van der Waals surface area contributed by atoms with E-state index in [0.29, 0.717) is 36.2 Å². The van der Waals surface area contributed by atoms with E-state index in [2.05, 4.69) is 11.8 Å². The van der Waals surface area contributed by atoms with Crippen LogP contribution in [-0.4, -0.2) is 26.4 Å². The van der Waals surface area contributed by atoms with Crippen molar-refractivity contribution in [2.24, 2.45) is 0 Å². The minimum atomic E-state index is 0.191. The third-order valence-electron chi connectivity index (χ3n) is 2.92. The number of benzene rings is 2. The van der Waals surface area contributed by atoms with Crippen molar-refractivity contribution >= 4 is 0 Å². The molecule has 0 saturated carbocycles. The fourth-order valence-electron chi connectivity index (χ4n) is 1.92. The summed E-state index contributed by atoms with van der Waals surface area (Å²) in [4.78, 5) is 0. The molecular formula is C20H18O4. The summed E-state index contributed by atoms with van der Waals surface area (Å²) in [5.41, 5.74) is 0. The predicted octanol–water partition coefficient (Wildman–Crippen LogP) is 3.17. The summed E-state index contributed by atoms with van der Waals surface area (Å²) >= 11 is 0. The first kappa shape index (κ1) is 17.1. The van der Waals surface area contributed by atoms with E-state index in [1.807, 2.05) is 36.4 Å². The van der Waals surface area contributed by atoms with Gasteiger partial charge in [0, 0.05) is 0 Å². The summed E-state index contributed by atoms with van der Waals surface area (Å²) in [5, 5.41) is 0. The van der Waals surface area contributed by atoms with Crippen LogP contribution in [0.2, 0.25) is 0 Å². The molecular weight excluding hydrogens is 304 g/mol. The highest BCUT2D eigenvalue weighted by molar-refractivity contribution is 5.40. The Morgan fingerprint density at radius 2 is 0.917 bits per heavy atom. The van der Waals surface area contributed by atoms with Gasteiger partial charge in [-0.2, -0.15) is 0 Å².